The van der Waals surface area contributed by atoms with Gasteiger partial charge in [-0.25, -0.2) is 14.8 Å². The highest BCUT2D eigenvalue weighted by Crippen LogP contribution is 1.97. The first-order valence-corrected chi connectivity index (χ1v) is 2.90. The first kappa shape index (κ1) is 7.01. The Balaban J connectivity index is 3.07. The number of aromatic nitrogens is 2. The van der Waals surface area contributed by atoms with Crippen molar-refractivity contribution < 1.29 is 9.90 Å². The first-order valence-electron chi connectivity index (χ1n) is 2.45. The van der Waals surface area contributed by atoms with Crippen LogP contribution in [0.3, 0.4) is 0 Å². The number of carboxylic acids is 1. The van der Waals surface area contributed by atoms with Crippen LogP contribution in [0.15, 0.2) is 17.4 Å². The molecule has 0 aliphatic rings. The van der Waals surface area contributed by atoms with Gasteiger partial charge in [0.05, 0.1) is 0 Å². The molecule has 1 aromatic heterocycles. The maximum Gasteiger partial charge on any atom is 0.354 e. The molecule has 1 rings (SSSR count). The van der Waals surface area contributed by atoms with Gasteiger partial charge in [-0.2, -0.15) is 0 Å². The Morgan fingerprint density at radius 1 is 1.70 bits per heavy atom. The highest BCUT2D eigenvalue weighted by molar-refractivity contribution is 7.80. The average molecular weight is 156 g/mol. The number of rotatable bonds is 1. The monoisotopic (exact) mass is 156 g/mol. The summed E-state index contributed by atoms with van der Waals surface area (Å²) in [6.45, 7) is 0. The number of nitrogens with zero attached hydrogens (tertiary/aromatic N) is 2. The van der Waals surface area contributed by atoms with E-state index in [0.29, 0.717) is 0 Å². The maximum absolute atomic E-state index is 10.2. The second-order valence-electron chi connectivity index (χ2n) is 1.55. The summed E-state index contributed by atoms with van der Waals surface area (Å²) >= 11 is 3.76. The zero-order chi connectivity index (χ0) is 7.56. The number of hydrogen-bond acceptors (Lipinski definition) is 4. The van der Waals surface area contributed by atoms with Crippen LogP contribution in [0.1, 0.15) is 10.5 Å². The molecule has 0 aliphatic heterocycles. The van der Waals surface area contributed by atoms with Crippen molar-refractivity contribution >= 4 is 18.6 Å². The van der Waals surface area contributed by atoms with E-state index in [0.717, 1.165) is 0 Å². The van der Waals surface area contributed by atoms with Gasteiger partial charge in [-0.1, -0.05) is 0 Å². The van der Waals surface area contributed by atoms with Gasteiger partial charge in [0.15, 0.2) is 10.9 Å². The van der Waals surface area contributed by atoms with Crippen molar-refractivity contribution in [3.63, 3.8) is 0 Å². The van der Waals surface area contributed by atoms with Crippen LogP contribution in [0.5, 0.6) is 0 Å². The Labute approximate surface area is 62.3 Å². The highest BCUT2D eigenvalue weighted by Gasteiger charge is 2.02. The van der Waals surface area contributed by atoms with E-state index in [1.807, 2.05) is 0 Å². The summed E-state index contributed by atoms with van der Waals surface area (Å²) in [5.74, 6) is -1.07. The predicted molar refractivity (Wildman–Crippen MR) is 36.2 cm³/mol. The maximum atomic E-state index is 10.2. The second kappa shape index (κ2) is 2.66. The summed E-state index contributed by atoms with van der Waals surface area (Å²) in [5, 5.41) is 8.55. The van der Waals surface area contributed by atoms with Gasteiger partial charge in [0.2, 0.25) is 0 Å². The Bertz CT molecular complexity index is 264. The molecule has 0 saturated heterocycles. The van der Waals surface area contributed by atoms with Crippen molar-refractivity contribution in [3.8, 4) is 0 Å². The minimum atomic E-state index is -1.07. The van der Waals surface area contributed by atoms with Crippen molar-refractivity contribution in [1.29, 1.82) is 0 Å². The molecule has 0 radical (unpaired) electrons. The van der Waals surface area contributed by atoms with Crippen LogP contribution >= 0.6 is 12.6 Å². The number of carboxylic acid groups (broad SMARTS) is 1. The standard InChI is InChI=1S/C5H4N2O2S/c8-4(9)3-1-2-6-5(10)7-3/h1-2H,(H,8,9)(H,6,7,10). The Kier molecular flexibility index (Phi) is 1.86. The summed E-state index contributed by atoms with van der Waals surface area (Å²) < 4.78 is 0. The Morgan fingerprint density at radius 2 is 2.40 bits per heavy atom. The number of hydrogen-bond donors (Lipinski definition) is 2. The average Bonchev–Trinajstić information content (AvgIpc) is 1.88. The summed E-state index contributed by atoms with van der Waals surface area (Å²) in [6, 6.07) is 1.31. The minimum Gasteiger partial charge on any atom is -0.477 e. The van der Waals surface area contributed by atoms with Gasteiger partial charge in [0.25, 0.3) is 0 Å². The van der Waals surface area contributed by atoms with Crippen molar-refractivity contribution in [1.82, 2.24) is 9.97 Å². The van der Waals surface area contributed by atoms with Gasteiger partial charge in [-0.05, 0) is 6.07 Å². The van der Waals surface area contributed by atoms with E-state index in [1.165, 1.54) is 12.3 Å². The molecule has 0 atom stereocenters. The van der Waals surface area contributed by atoms with Crippen molar-refractivity contribution in [2.45, 2.75) is 5.16 Å². The molecule has 5 heteroatoms. The fourth-order valence-corrected chi connectivity index (χ4v) is 0.642. The Morgan fingerprint density at radius 3 is 2.80 bits per heavy atom. The van der Waals surface area contributed by atoms with Crippen LogP contribution in [0.25, 0.3) is 0 Å². The molecule has 0 aliphatic carbocycles. The molecule has 1 aromatic rings. The van der Waals surface area contributed by atoms with E-state index in [4.69, 9.17) is 5.11 Å². The van der Waals surface area contributed by atoms with Crippen LogP contribution in [0.2, 0.25) is 0 Å². The normalized spacial score (nSPS) is 9.30. The molecular weight excluding hydrogens is 152 g/mol. The number of carbonyl (C=O) groups is 1. The van der Waals surface area contributed by atoms with Crippen molar-refractivity contribution in [2.24, 2.45) is 0 Å². The third-order valence-corrected chi connectivity index (χ3v) is 1.08. The third kappa shape index (κ3) is 1.44. The van der Waals surface area contributed by atoms with Gasteiger partial charge in [-0.15, -0.1) is 12.6 Å². The fraction of sp³-hybridized carbons (Fsp3) is 0. The molecule has 0 saturated carbocycles. The molecule has 1 heterocycles. The largest absolute Gasteiger partial charge is 0.477 e. The van der Waals surface area contributed by atoms with E-state index < -0.39 is 5.97 Å². The van der Waals surface area contributed by atoms with Crippen LogP contribution in [0, 0.1) is 0 Å². The molecule has 0 amide bonds. The van der Waals surface area contributed by atoms with E-state index >= 15 is 0 Å². The van der Waals surface area contributed by atoms with Gasteiger partial charge < -0.3 is 5.11 Å². The van der Waals surface area contributed by atoms with Crippen molar-refractivity contribution in [2.75, 3.05) is 0 Å². The lowest BCUT2D eigenvalue weighted by atomic mass is 10.4. The number of aromatic carboxylic acids is 1. The van der Waals surface area contributed by atoms with Gasteiger partial charge in [0, 0.05) is 6.20 Å². The van der Waals surface area contributed by atoms with Crippen LogP contribution in [-0.2, 0) is 0 Å². The molecular formula is C5H4N2O2S. The number of thiol groups is 1. The molecule has 0 aromatic carbocycles. The lowest BCUT2D eigenvalue weighted by Gasteiger charge is -1.91. The van der Waals surface area contributed by atoms with E-state index in [9.17, 15) is 4.79 Å². The second-order valence-corrected chi connectivity index (χ2v) is 1.95. The molecule has 52 valence electrons. The predicted octanol–water partition coefficient (Wildman–Crippen LogP) is 0.463. The van der Waals surface area contributed by atoms with Gasteiger partial charge in [-0.3, -0.25) is 0 Å². The lowest BCUT2D eigenvalue weighted by molar-refractivity contribution is 0.0689. The lowest BCUT2D eigenvalue weighted by Crippen LogP contribution is -2.00. The van der Waals surface area contributed by atoms with Gasteiger partial charge >= 0.3 is 5.97 Å². The van der Waals surface area contributed by atoms with E-state index in [-0.39, 0.29) is 10.9 Å². The third-order valence-electron chi connectivity index (χ3n) is 0.862. The summed E-state index contributed by atoms with van der Waals surface area (Å²) in [4.78, 5) is 17.4. The topological polar surface area (TPSA) is 63.1 Å². The quantitative estimate of drug-likeness (QED) is 0.458. The Hall–Kier alpha value is -1.10. The molecule has 0 spiro atoms. The molecule has 0 bridgehead atoms. The zero-order valence-corrected chi connectivity index (χ0v) is 5.75. The molecule has 10 heavy (non-hydrogen) atoms. The molecule has 4 nitrogen and oxygen atoms in total. The van der Waals surface area contributed by atoms with E-state index in [2.05, 4.69) is 22.6 Å². The molecule has 0 fully saturated rings. The smallest absolute Gasteiger partial charge is 0.354 e. The first-order chi connectivity index (χ1) is 4.70. The van der Waals surface area contributed by atoms with Gasteiger partial charge in [0.1, 0.15) is 0 Å². The summed E-state index contributed by atoms with van der Waals surface area (Å²) in [5.41, 5.74) is -0.0417. The zero-order valence-electron chi connectivity index (χ0n) is 4.85. The van der Waals surface area contributed by atoms with Crippen LogP contribution in [0.4, 0.5) is 0 Å². The molecule has 1 N–H and O–H groups in total. The van der Waals surface area contributed by atoms with Crippen LogP contribution < -0.4 is 0 Å². The fourth-order valence-electron chi connectivity index (χ4n) is 0.468. The SMILES string of the molecule is O=C(O)c1ccnc(S)n1. The highest BCUT2D eigenvalue weighted by atomic mass is 32.1. The van der Waals surface area contributed by atoms with Crippen molar-refractivity contribution in [3.05, 3.63) is 18.0 Å². The summed E-state index contributed by atoms with van der Waals surface area (Å²) in [7, 11) is 0. The summed E-state index contributed by atoms with van der Waals surface area (Å²) in [6.07, 6.45) is 1.35. The molecule has 0 unspecified atom stereocenters. The van der Waals surface area contributed by atoms with E-state index in [1.54, 1.807) is 0 Å². The van der Waals surface area contributed by atoms with Crippen LogP contribution in [-0.4, -0.2) is 21.0 Å². The minimum absolute atomic E-state index is 0.0417.